The minimum absolute atomic E-state index is 0.0530. The fourth-order valence-corrected chi connectivity index (χ4v) is 5.13. The van der Waals surface area contributed by atoms with Crippen molar-refractivity contribution in [2.24, 2.45) is 0 Å². The number of fused-ring (bicyclic) bond motifs is 1. The molecule has 4 aromatic rings. The highest BCUT2D eigenvalue weighted by Crippen LogP contribution is 2.34. The number of aromatic nitrogens is 1. The van der Waals surface area contributed by atoms with Gasteiger partial charge in [-0.05, 0) is 80.0 Å². The number of methoxy groups -OCH3 is 1. The monoisotopic (exact) mass is 654 g/mol. The number of phenols is 1. The lowest BCUT2D eigenvalue weighted by Crippen LogP contribution is -2.40. The van der Waals surface area contributed by atoms with Crippen molar-refractivity contribution in [3.8, 4) is 16.9 Å². The van der Waals surface area contributed by atoms with Crippen LogP contribution in [0.2, 0.25) is 0 Å². The lowest BCUT2D eigenvalue weighted by molar-refractivity contribution is -0.141. The average Bonchev–Trinajstić information content (AvgIpc) is 3.05. The molecule has 1 aromatic heterocycles. The molecule has 11 nitrogen and oxygen atoms in total. The first-order valence-corrected chi connectivity index (χ1v) is 15.7. The number of pyridine rings is 1. The zero-order chi connectivity index (χ0) is 34.8. The standard InChI is InChI=1S/C37H42N4O7/c1-24-18-19-38-32(21-24)41(36(46)48-37(2,3)4)20-8-11-33(43)39-23-34(44)40-30(22-35(45)47-5)26-14-12-25(13-15-26)27-16-17-31(42)29-10-7-6-9-28(27)29/h6-7,9-10,12-19,21,30,42H,8,11,20,22-23H2,1-5H3,(H,39,43)(H,40,44)/t30-/m0/s1. The Bertz CT molecular complexity index is 1770. The summed E-state index contributed by atoms with van der Waals surface area (Å²) in [5.41, 5.74) is 2.72. The van der Waals surface area contributed by atoms with Gasteiger partial charge in [0.1, 0.15) is 17.2 Å². The van der Waals surface area contributed by atoms with Crippen LogP contribution in [0.3, 0.4) is 0 Å². The normalized spacial score (nSPS) is 11.8. The number of carbonyl (C=O) groups excluding carboxylic acids is 4. The fourth-order valence-electron chi connectivity index (χ4n) is 5.13. The van der Waals surface area contributed by atoms with Crippen LogP contribution < -0.4 is 15.5 Å². The fraction of sp³-hybridized carbons (Fsp3) is 0.324. The quantitative estimate of drug-likeness (QED) is 0.158. The van der Waals surface area contributed by atoms with Crippen LogP contribution in [0.15, 0.2) is 79.0 Å². The molecular weight excluding hydrogens is 612 g/mol. The molecule has 3 N–H and O–H groups in total. The third-order valence-corrected chi connectivity index (χ3v) is 7.48. The van der Waals surface area contributed by atoms with E-state index in [4.69, 9.17) is 9.47 Å². The van der Waals surface area contributed by atoms with Crippen LogP contribution in [-0.4, -0.2) is 59.8 Å². The molecule has 252 valence electrons. The topological polar surface area (TPSA) is 147 Å². The molecule has 0 saturated carbocycles. The van der Waals surface area contributed by atoms with E-state index in [0.29, 0.717) is 17.8 Å². The zero-order valence-electron chi connectivity index (χ0n) is 27.9. The number of aromatic hydroxyl groups is 1. The predicted molar refractivity (Wildman–Crippen MR) is 183 cm³/mol. The van der Waals surface area contributed by atoms with E-state index < -0.39 is 29.6 Å². The van der Waals surface area contributed by atoms with Gasteiger partial charge in [0.25, 0.3) is 0 Å². The summed E-state index contributed by atoms with van der Waals surface area (Å²) < 4.78 is 10.4. The maximum atomic E-state index is 12.9. The van der Waals surface area contributed by atoms with Crippen LogP contribution >= 0.6 is 0 Å². The van der Waals surface area contributed by atoms with Gasteiger partial charge >= 0.3 is 12.1 Å². The number of carbonyl (C=O) groups is 4. The van der Waals surface area contributed by atoms with Crippen molar-refractivity contribution < 1.29 is 33.8 Å². The molecule has 4 rings (SSSR count). The minimum atomic E-state index is -0.709. The van der Waals surface area contributed by atoms with Gasteiger partial charge in [0, 0.05) is 24.5 Å². The molecule has 0 fully saturated rings. The number of hydrogen-bond acceptors (Lipinski definition) is 8. The van der Waals surface area contributed by atoms with Gasteiger partial charge in [0.2, 0.25) is 11.8 Å². The third kappa shape index (κ3) is 9.78. The lowest BCUT2D eigenvalue weighted by atomic mass is 9.95. The number of amides is 3. The third-order valence-electron chi connectivity index (χ3n) is 7.48. The molecule has 3 aromatic carbocycles. The van der Waals surface area contributed by atoms with Crippen molar-refractivity contribution in [2.75, 3.05) is 25.1 Å². The molecule has 0 bridgehead atoms. The minimum Gasteiger partial charge on any atom is -0.507 e. The number of aryl methyl sites for hydroxylation is 1. The van der Waals surface area contributed by atoms with Crippen molar-refractivity contribution in [3.05, 3.63) is 90.1 Å². The van der Waals surface area contributed by atoms with E-state index in [1.165, 1.54) is 12.0 Å². The summed E-state index contributed by atoms with van der Waals surface area (Å²) in [6.07, 6.45) is 1.28. The Hall–Kier alpha value is -5.45. The number of hydrogen-bond donors (Lipinski definition) is 3. The number of esters is 1. The second-order valence-corrected chi connectivity index (χ2v) is 12.4. The highest BCUT2D eigenvalue weighted by molar-refractivity contribution is 6.00. The number of nitrogens with one attached hydrogen (secondary N) is 2. The highest BCUT2D eigenvalue weighted by atomic mass is 16.6. The maximum Gasteiger partial charge on any atom is 0.416 e. The second-order valence-electron chi connectivity index (χ2n) is 12.4. The first-order chi connectivity index (χ1) is 22.8. The molecule has 0 aliphatic heterocycles. The Morgan fingerprint density at radius 2 is 1.65 bits per heavy atom. The van der Waals surface area contributed by atoms with E-state index in [-0.39, 0.29) is 37.6 Å². The maximum absolute atomic E-state index is 12.9. The predicted octanol–water partition coefficient (Wildman–Crippen LogP) is 5.97. The number of rotatable bonds is 12. The summed E-state index contributed by atoms with van der Waals surface area (Å²) in [5.74, 6) is -0.742. The Morgan fingerprint density at radius 1 is 0.938 bits per heavy atom. The van der Waals surface area contributed by atoms with Gasteiger partial charge in [0.15, 0.2) is 0 Å². The Morgan fingerprint density at radius 3 is 2.31 bits per heavy atom. The first-order valence-electron chi connectivity index (χ1n) is 15.7. The van der Waals surface area contributed by atoms with E-state index in [9.17, 15) is 24.3 Å². The van der Waals surface area contributed by atoms with Gasteiger partial charge in [-0.25, -0.2) is 9.78 Å². The number of benzene rings is 3. The molecule has 0 unspecified atom stereocenters. The Balaban J connectivity index is 1.36. The highest BCUT2D eigenvalue weighted by Gasteiger charge is 2.25. The van der Waals surface area contributed by atoms with Crippen LogP contribution in [-0.2, 0) is 23.9 Å². The van der Waals surface area contributed by atoms with Crippen LogP contribution in [0, 0.1) is 6.92 Å². The van der Waals surface area contributed by atoms with Gasteiger partial charge in [-0.15, -0.1) is 0 Å². The van der Waals surface area contributed by atoms with Gasteiger partial charge in [0.05, 0.1) is 26.1 Å². The molecule has 0 aliphatic rings. The molecule has 0 saturated heterocycles. The van der Waals surface area contributed by atoms with E-state index >= 15 is 0 Å². The van der Waals surface area contributed by atoms with Crippen molar-refractivity contribution >= 4 is 40.5 Å². The summed E-state index contributed by atoms with van der Waals surface area (Å²) in [6.45, 7) is 7.09. The molecule has 1 heterocycles. The summed E-state index contributed by atoms with van der Waals surface area (Å²) >= 11 is 0. The van der Waals surface area contributed by atoms with E-state index in [1.807, 2.05) is 67.6 Å². The van der Waals surface area contributed by atoms with Crippen molar-refractivity contribution in [1.29, 1.82) is 0 Å². The van der Waals surface area contributed by atoms with Crippen molar-refractivity contribution in [3.63, 3.8) is 0 Å². The van der Waals surface area contributed by atoms with E-state index in [0.717, 1.165) is 27.5 Å². The number of phenolic OH excluding ortho intramolecular Hbond substituents is 1. The average molecular weight is 655 g/mol. The SMILES string of the molecule is COC(=O)C[C@H](NC(=O)CNC(=O)CCCN(C(=O)OC(C)(C)C)c1cc(C)ccn1)c1ccc(-c2ccc(O)c3ccccc23)cc1. The number of nitrogens with zero attached hydrogens (tertiary/aromatic N) is 2. The molecular formula is C37H42N4O7. The van der Waals surface area contributed by atoms with Crippen LogP contribution in [0.1, 0.15) is 57.2 Å². The lowest BCUT2D eigenvalue weighted by Gasteiger charge is -2.27. The summed E-state index contributed by atoms with van der Waals surface area (Å²) in [7, 11) is 1.28. The van der Waals surface area contributed by atoms with Gasteiger partial charge < -0.3 is 25.2 Å². The molecule has 1 atom stereocenters. The molecule has 3 amide bonds. The smallest absolute Gasteiger partial charge is 0.416 e. The number of anilines is 1. The summed E-state index contributed by atoms with van der Waals surface area (Å²) in [6, 6.07) is 21.4. The van der Waals surface area contributed by atoms with E-state index in [2.05, 4.69) is 15.6 Å². The summed E-state index contributed by atoms with van der Waals surface area (Å²) in [4.78, 5) is 56.4. The first kappa shape index (κ1) is 35.4. The molecule has 0 spiro atoms. The summed E-state index contributed by atoms with van der Waals surface area (Å²) in [5, 5.41) is 17.3. The second kappa shape index (κ2) is 15.9. The van der Waals surface area contributed by atoms with Crippen molar-refractivity contribution in [1.82, 2.24) is 15.6 Å². The van der Waals surface area contributed by atoms with E-state index in [1.54, 1.807) is 39.1 Å². The molecule has 11 heteroatoms. The zero-order valence-corrected chi connectivity index (χ0v) is 27.9. The Labute approximate surface area is 280 Å². The van der Waals surface area contributed by atoms with Crippen LogP contribution in [0.4, 0.5) is 10.6 Å². The molecule has 48 heavy (non-hydrogen) atoms. The Kier molecular flexibility index (Phi) is 11.7. The van der Waals surface area contributed by atoms with Gasteiger partial charge in [-0.3, -0.25) is 19.3 Å². The number of ether oxygens (including phenoxy) is 2. The van der Waals surface area contributed by atoms with Gasteiger partial charge in [-0.1, -0.05) is 54.6 Å². The van der Waals surface area contributed by atoms with Crippen LogP contribution in [0.5, 0.6) is 5.75 Å². The molecule has 0 aliphatic carbocycles. The van der Waals surface area contributed by atoms with Gasteiger partial charge in [-0.2, -0.15) is 0 Å². The molecule has 0 radical (unpaired) electrons. The largest absolute Gasteiger partial charge is 0.507 e. The van der Waals surface area contributed by atoms with Crippen LogP contribution in [0.25, 0.3) is 21.9 Å². The van der Waals surface area contributed by atoms with Crippen molar-refractivity contribution in [2.45, 2.75) is 58.6 Å².